The number of allylic oxidation sites excluding steroid dienone is 1. The van der Waals surface area contributed by atoms with Gasteiger partial charge in [-0.25, -0.2) is 9.59 Å². The summed E-state index contributed by atoms with van der Waals surface area (Å²) in [6.45, 7) is 9.05. The number of nitrogens with one attached hydrogen (secondary N) is 1. The van der Waals surface area contributed by atoms with Gasteiger partial charge >= 0.3 is 12.1 Å². The molecule has 2 N–H and O–H groups in total. The Bertz CT molecular complexity index is 400. The number of hydrogen-bond donors (Lipinski definition) is 2. The molecule has 0 heterocycles. The number of ether oxygens (including phenoxy) is 1. The van der Waals surface area contributed by atoms with Crippen LogP contribution >= 0.6 is 0 Å². The highest BCUT2D eigenvalue weighted by molar-refractivity contribution is 5.80. The number of alkyl carbamates (subject to hydrolysis) is 1. The highest BCUT2D eigenvalue weighted by Gasteiger charge is 2.35. The summed E-state index contributed by atoms with van der Waals surface area (Å²) in [6.07, 6.45) is 7.20. The highest BCUT2D eigenvalue weighted by Crippen LogP contribution is 2.32. The largest absolute Gasteiger partial charge is 0.480 e. The predicted molar refractivity (Wildman–Crippen MR) is 85.7 cm³/mol. The van der Waals surface area contributed by atoms with Crippen LogP contribution in [0.3, 0.4) is 0 Å². The van der Waals surface area contributed by atoms with Gasteiger partial charge in [-0.2, -0.15) is 0 Å². The van der Waals surface area contributed by atoms with Gasteiger partial charge in [0.15, 0.2) is 0 Å². The van der Waals surface area contributed by atoms with E-state index in [-0.39, 0.29) is 6.10 Å². The molecular formula is C17H29NO4. The molecule has 0 aromatic rings. The minimum Gasteiger partial charge on any atom is -0.480 e. The standard InChI is InChI=1S/C17H29NO4/c1-5-6-7-9-12-10-8-11-13(12)22-16(21)18-14(15(19)20)17(2,3)4/h5,12-14H,1,6-11H2,2-4H3,(H,18,21)(H,19,20)/t12-,13-,14?/m1/s1. The highest BCUT2D eigenvalue weighted by atomic mass is 16.6. The second-order valence-corrected chi connectivity index (χ2v) is 7.14. The summed E-state index contributed by atoms with van der Waals surface area (Å²) in [5.74, 6) is -0.665. The lowest BCUT2D eigenvalue weighted by molar-refractivity contribution is -0.142. The van der Waals surface area contributed by atoms with Crippen molar-refractivity contribution in [3.05, 3.63) is 12.7 Å². The molecule has 0 aromatic carbocycles. The molecule has 1 saturated carbocycles. The van der Waals surface area contributed by atoms with Gasteiger partial charge in [-0.1, -0.05) is 26.8 Å². The van der Waals surface area contributed by atoms with Crippen LogP contribution in [0.1, 0.15) is 59.3 Å². The van der Waals surface area contributed by atoms with Crippen molar-refractivity contribution in [2.24, 2.45) is 11.3 Å². The second-order valence-electron chi connectivity index (χ2n) is 7.14. The first kappa shape index (κ1) is 18.5. The van der Waals surface area contributed by atoms with Crippen molar-refractivity contribution < 1.29 is 19.4 Å². The number of carbonyl (C=O) groups is 2. The molecule has 1 fully saturated rings. The van der Waals surface area contributed by atoms with Crippen LogP contribution in [0.15, 0.2) is 12.7 Å². The van der Waals surface area contributed by atoms with Crippen LogP contribution in [-0.4, -0.2) is 29.3 Å². The molecule has 0 bridgehead atoms. The Balaban J connectivity index is 2.52. The van der Waals surface area contributed by atoms with Crippen LogP contribution in [-0.2, 0) is 9.53 Å². The van der Waals surface area contributed by atoms with Crippen molar-refractivity contribution in [3.8, 4) is 0 Å². The van der Waals surface area contributed by atoms with Gasteiger partial charge in [-0.3, -0.25) is 0 Å². The van der Waals surface area contributed by atoms with Crippen LogP contribution < -0.4 is 5.32 Å². The number of carbonyl (C=O) groups excluding carboxylic acids is 1. The molecule has 1 amide bonds. The Morgan fingerprint density at radius 2 is 2.09 bits per heavy atom. The zero-order valence-electron chi connectivity index (χ0n) is 13.9. The fourth-order valence-electron chi connectivity index (χ4n) is 2.95. The van der Waals surface area contributed by atoms with E-state index in [4.69, 9.17) is 4.74 Å². The van der Waals surface area contributed by atoms with E-state index in [0.29, 0.717) is 5.92 Å². The topological polar surface area (TPSA) is 75.6 Å². The number of hydrogen-bond acceptors (Lipinski definition) is 3. The van der Waals surface area contributed by atoms with Crippen LogP contribution in [0.25, 0.3) is 0 Å². The van der Waals surface area contributed by atoms with E-state index in [1.165, 1.54) is 0 Å². The van der Waals surface area contributed by atoms with Gasteiger partial charge in [0.05, 0.1) is 0 Å². The van der Waals surface area contributed by atoms with Crippen molar-refractivity contribution >= 4 is 12.1 Å². The summed E-state index contributed by atoms with van der Waals surface area (Å²) in [4.78, 5) is 23.3. The Labute approximate surface area is 133 Å². The number of carboxylic acids is 1. The zero-order chi connectivity index (χ0) is 16.8. The zero-order valence-corrected chi connectivity index (χ0v) is 13.9. The lowest BCUT2D eigenvalue weighted by atomic mass is 9.87. The number of carboxylic acid groups (broad SMARTS) is 1. The third-order valence-electron chi connectivity index (χ3n) is 4.21. The quantitative estimate of drug-likeness (QED) is 0.555. The molecule has 1 aliphatic carbocycles. The monoisotopic (exact) mass is 311 g/mol. The summed E-state index contributed by atoms with van der Waals surface area (Å²) in [5.41, 5.74) is -0.566. The summed E-state index contributed by atoms with van der Waals surface area (Å²) >= 11 is 0. The van der Waals surface area contributed by atoms with Gasteiger partial charge in [0.2, 0.25) is 0 Å². The van der Waals surface area contributed by atoms with Crippen molar-refractivity contribution in [3.63, 3.8) is 0 Å². The summed E-state index contributed by atoms with van der Waals surface area (Å²) in [5, 5.41) is 11.7. The molecule has 0 aliphatic heterocycles. The molecule has 0 radical (unpaired) electrons. The van der Waals surface area contributed by atoms with Gasteiger partial charge in [0.1, 0.15) is 12.1 Å². The first-order valence-electron chi connectivity index (χ1n) is 8.06. The van der Waals surface area contributed by atoms with E-state index in [9.17, 15) is 14.7 Å². The Morgan fingerprint density at radius 1 is 1.41 bits per heavy atom. The van der Waals surface area contributed by atoms with E-state index in [1.54, 1.807) is 20.8 Å². The first-order valence-corrected chi connectivity index (χ1v) is 8.06. The minimum atomic E-state index is -1.04. The van der Waals surface area contributed by atoms with Crippen LogP contribution in [0.4, 0.5) is 4.79 Å². The number of unbranched alkanes of at least 4 members (excludes halogenated alkanes) is 1. The van der Waals surface area contributed by atoms with Crippen LogP contribution in [0, 0.1) is 11.3 Å². The van der Waals surface area contributed by atoms with Crippen LogP contribution in [0.5, 0.6) is 0 Å². The molecule has 22 heavy (non-hydrogen) atoms. The number of aliphatic carboxylic acids is 1. The van der Waals surface area contributed by atoms with Gasteiger partial charge in [-0.15, -0.1) is 6.58 Å². The molecule has 5 nitrogen and oxygen atoms in total. The average molecular weight is 311 g/mol. The summed E-state index contributed by atoms with van der Waals surface area (Å²) < 4.78 is 5.49. The van der Waals surface area contributed by atoms with Gasteiger partial charge < -0.3 is 15.2 Å². The minimum absolute atomic E-state index is 0.0979. The molecule has 1 rings (SSSR count). The number of rotatable bonds is 7. The second kappa shape index (κ2) is 8.20. The molecule has 3 atom stereocenters. The van der Waals surface area contributed by atoms with E-state index in [0.717, 1.165) is 38.5 Å². The average Bonchev–Trinajstić information content (AvgIpc) is 2.82. The summed E-state index contributed by atoms with van der Waals surface area (Å²) in [6, 6.07) is -0.958. The van der Waals surface area contributed by atoms with Crippen molar-refractivity contribution in [2.45, 2.75) is 71.4 Å². The fourth-order valence-corrected chi connectivity index (χ4v) is 2.95. The van der Waals surface area contributed by atoms with E-state index in [2.05, 4.69) is 11.9 Å². The normalized spacial score (nSPS) is 22.9. The maximum atomic E-state index is 12.0. The molecule has 1 unspecified atom stereocenters. The van der Waals surface area contributed by atoms with Crippen molar-refractivity contribution in [2.75, 3.05) is 0 Å². The lowest BCUT2D eigenvalue weighted by Crippen LogP contribution is -2.50. The van der Waals surface area contributed by atoms with Gasteiger partial charge in [-0.05, 0) is 49.9 Å². The van der Waals surface area contributed by atoms with E-state index in [1.807, 2.05) is 6.08 Å². The van der Waals surface area contributed by atoms with Gasteiger partial charge in [0.25, 0.3) is 0 Å². The Morgan fingerprint density at radius 3 is 2.64 bits per heavy atom. The van der Waals surface area contributed by atoms with Crippen LogP contribution in [0.2, 0.25) is 0 Å². The van der Waals surface area contributed by atoms with E-state index >= 15 is 0 Å². The molecule has 0 aromatic heterocycles. The van der Waals surface area contributed by atoms with Crippen molar-refractivity contribution in [1.29, 1.82) is 0 Å². The molecule has 0 spiro atoms. The number of amides is 1. The van der Waals surface area contributed by atoms with E-state index < -0.39 is 23.5 Å². The SMILES string of the molecule is C=CCCC[C@@H]1CCC[C@H]1OC(=O)NC(C(=O)O)C(C)(C)C. The molecule has 5 heteroatoms. The smallest absolute Gasteiger partial charge is 0.408 e. The Hall–Kier alpha value is -1.52. The third kappa shape index (κ3) is 5.70. The predicted octanol–water partition coefficient (Wildman–Crippen LogP) is 3.74. The lowest BCUT2D eigenvalue weighted by Gasteiger charge is -2.28. The Kier molecular flexibility index (Phi) is 6.91. The molecule has 126 valence electrons. The van der Waals surface area contributed by atoms with Gasteiger partial charge in [0, 0.05) is 0 Å². The molecular weight excluding hydrogens is 282 g/mol. The first-order chi connectivity index (χ1) is 10.3. The summed E-state index contributed by atoms with van der Waals surface area (Å²) in [7, 11) is 0. The van der Waals surface area contributed by atoms with Crippen molar-refractivity contribution in [1.82, 2.24) is 5.32 Å². The molecule has 1 aliphatic rings. The fraction of sp³-hybridized carbons (Fsp3) is 0.765. The maximum Gasteiger partial charge on any atom is 0.408 e. The third-order valence-corrected chi connectivity index (χ3v) is 4.21. The molecule has 0 saturated heterocycles. The maximum absolute atomic E-state index is 12.0.